The third kappa shape index (κ3) is 5.04. The molecule has 0 saturated heterocycles. The molecular formula is C19H15Cl3N4O2. The molecule has 0 aliphatic heterocycles. The van der Waals surface area contributed by atoms with Crippen LogP contribution in [0, 0.1) is 6.92 Å². The number of aromatic nitrogens is 2. The molecule has 0 unspecified atom stereocenters. The van der Waals surface area contributed by atoms with Crippen LogP contribution in [0.25, 0.3) is 5.69 Å². The Balaban J connectivity index is 1.62. The van der Waals surface area contributed by atoms with Gasteiger partial charge < -0.3 is 4.74 Å². The molecule has 144 valence electrons. The van der Waals surface area contributed by atoms with Crippen LogP contribution in [0.1, 0.15) is 11.3 Å². The zero-order chi connectivity index (χ0) is 20.1. The van der Waals surface area contributed by atoms with Crippen LogP contribution in [-0.2, 0) is 4.79 Å². The van der Waals surface area contributed by atoms with Crippen LogP contribution in [0.2, 0.25) is 15.2 Å². The monoisotopic (exact) mass is 436 g/mol. The summed E-state index contributed by atoms with van der Waals surface area (Å²) in [6.07, 6.45) is 1.44. The number of hydrazone groups is 1. The van der Waals surface area contributed by atoms with Crippen molar-refractivity contribution in [1.29, 1.82) is 0 Å². The maximum Gasteiger partial charge on any atom is 0.277 e. The molecule has 0 spiro atoms. The molecule has 1 amide bonds. The number of amides is 1. The topological polar surface area (TPSA) is 68.5 Å². The number of hydrogen-bond donors (Lipinski definition) is 1. The molecule has 1 aromatic heterocycles. The van der Waals surface area contributed by atoms with Gasteiger partial charge in [0.1, 0.15) is 10.9 Å². The predicted molar refractivity (Wildman–Crippen MR) is 111 cm³/mol. The Morgan fingerprint density at radius 2 is 1.93 bits per heavy atom. The number of halogens is 3. The van der Waals surface area contributed by atoms with Crippen molar-refractivity contribution in [2.45, 2.75) is 6.92 Å². The first-order valence-electron chi connectivity index (χ1n) is 8.15. The zero-order valence-electron chi connectivity index (χ0n) is 14.7. The van der Waals surface area contributed by atoms with E-state index in [9.17, 15) is 4.79 Å². The van der Waals surface area contributed by atoms with Gasteiger partial charge in [-0.3, -0.25) is 4.79 Å². The second-order valence-corrected chi connectivity index (χ2v) is 6.95. The number of ether oxygens (including phenoxy) is 1. The van der Waals surface area contributed by atoms with Crippen molar-refractivity contribution in [3.8, 4) is 11.4 Å². The van der Waals surface area contributed by atoms with Crippen molar-refractivity contribution in [3.05, 3.63) is 75.0 Å². The Morgan fingerprint density at radius 3 is 2.64 bits per heavy atom. The highest BCUT2D eigenvalue weighted by Gasteiger charge is 2.13. The van der Waals surface area contributed by atoms with Crippen LogP contribution in [-0.4, -0.2) is 28.5 Å². The summed E-state index contributed by atoms with van der Waals surface area (Å²) in [7, 11) is 0. The standard InChI is InChI=1S/C19H15Cl3N4O2/c1-12-17(19(22)26(25-12)15-4-2-3-14(21)9-15)10-23-24-18(27)11-28-16-7-5-13(20)6-8-16/h2-10H,11H2,1H3,(H,24,27)/b23-10+. The van der Waals surface area contributed by atoms with Crippen LogP contribution >= 0.6 is 34.8 Å². The predicted octanol–water partition coefficient (Wildman–Crippen LogP) is 4.67. The molecular weight excluding hydrogens is 423 g/mol. The minimum Gasteiger partial charge on any atom is -0.484 e. The molecule has 1 N–H and O–H groups in total. The molecule has 9 heteroatoms. The average Bonchev–Trinajstić information content (AvgIpc) is 2.96. The number of nitrogens with zero attached hydrogens (tertiary/aromatic N) is 3. The van der Waals surface area contributed by atoms with Gasteiger partial charge in [-0.25, -0.2) is 10.1 Å². The van der Waals surface area contributed by atoms with Gasteiger partial charge in [0, 0.05) is 10.0 Å². The molecule has 1 heterocycles. The van der Waals surface area contributed by atoms with Gasteiger partial charge in [0.05, 0.1) is 23.2 Å². The number of benzene rings is 2. The number of aryl methyl sites for hydroxylation is 1. The first-order chi connectivity index (χ1) is 13.4. The molecule has 3 aromatic rings. The van der Waals surface area contributed by atoms with E-state index >= 15 is 0 Å². The van der Waals surface area contributed by atoms with Gasteiger partial charge in [0.2, 0.25) is 0 Å². The maximum atomic E-state index is 11.9. The lowest BCUT2D eigenvalue weighted by atomic mass is 10.3. The molecule has 0 aliphatic rings. The fraction of sp³-hybridized carbons (Fsp3) is 0.105. The van der Waals surface area contributed by atoms with E-state index in [0.29, 0.717) is 32.2 Å². The molecule has 0 atom stereocenters. The van der Waals surface area contributed by atoms with Crippen molar-refractivity contribution in [2.24, 2.45) is 5.10 Å². The third-order valence-corrected chi connectivity index (χ3v) is 4.52. The van der Waals surface area contributed by atoms with Crippen molar-refractivity contribution in [1.82, 2.24) is 15.2 Å². The Hall–Kier alpha value is -2.54. The van der Waals surface area contributed by atoms with Gasteiger partial charge in [-0.15, -0.1) is 0 Å². The Morgan fingerprint density at radius 1 is 1.18 bits per heavy atom. The lowest BCUT2D eigenvalue weighted by Crippen LogP contribution is -2.24. The average molecular weight is 438 g/mol. The van der Waals surface area contributed by atoms with Crippen LogP contribution in [0.5, 0.6) is 5.75 Å². The van der Waals surface area contributed by atoms with Crippen LogP contribution < -0.4 is 10.2 Å². The molecule has 0 radical (unpaired) electrons. The first kappa shape index (κ1) is 20.2. The van der Waals surface area contributed by atoms with Crippen molar-refractivity contribution in [2.75, 3.05) is 6.61 Å². The van der Waals surface area contributed by atoms with E-state index in [-0.39, 0.29) is 6.61 Å². The second-order valence-electron chi connectivity index (χ2n) is 5.72. The Labute approximate surface area is 176 Å². The largest absolute Gasteiger partial charge is 0.484 e. The van der Waals surface area contributed by atoms with Gasteiger partial charge >= 0.3 is 0 Å². The summed E-state index contributed by atoms with van der Waals surface area (Å²) < 4.78 is 6.90. The molecule has 6 nitrogen and oxygen atoms in total. The van der Waals surface area contributed by atoms with Crippen molar-refractivity contribution >= 4 is 46.9 Å². The van der Waals surface area contributed by atoms with Gasteiger partial charge in [-0.05, 0) is 49.4 Å². The smallest absolute Gasteiger partial charge is 0.277 e. The van der Waals surface area contributed by atoms with E-state index in [2.05, 4.69) is 15.6 Å². The highest BCUT2D eigenvalue weighted by Crippen LogP contribution is 2.23. The molecule has 0 saturated carbocycles. The Kier molecular flexibility index (Phi) is 6.57. The number of rotatable bonds is 6. The number of carbonyl (C=O) groups excluding carboxylic acids is 1. The lowest BCUT2D eigenvalue weighted by Gasteiger charge is -2.04. The molecule has 0 aliphatic carbocycles. The van der Waals surface area contributed by atoms with E-state index in [0.717, 1.165) is 5.69 Å². The summed E-state index contributed by atoms with van der Waals surface area (Å²) >= 11 is 18.2. The van der Waals surface area contributed by atoms with Gasteiger partial charge in [0.15, 0.2) is 6.61 Å². The SMILES string of the molecule is Cc1nn(-c2cccc(Cl)c2)c(Cl)c1/C=N/NC(=O)COc1ccc(Cl)cc1. The fourth-order valence-corrected chi connectivity index (χ4v) is 2.95. The highest BCUT2D eigenvalue weighted by molar-refractivity contribution is 6.32. The summed E-state index contributed by atoms with van der Waals surface area (Å²) in [5.74, 6) is 0.118. The van der Waals surface area contributed by atoms with Crippen molar-refractivity contribution < 1.29 is 9.53 Å². The van der Waals surface area contributed by atoms with Crippen LogP contribution in [0.4, 0.5) is 0 Å². The third-order valence-electron chi connectivity index (χ3n) is 3.67. The van der Waals surface area contributed by atoms with E-state index in [4.69, 9.17) is 39.5 Å². The second kappa shape index (κ2) is 9.10. The van der Waals surface area contributed by atoms with Crippen LogP contribution in [0.15, 0.2) is 53.6 Å². The van der Waals surface area contributed by atoms with Gasteiger partial charge in [-0.2, -0.15) is 10.2 Å². The quantitative estimate of drug-likeness (QED) is 0.450. The fourth-order valence-electron chi connectivity index (χ4n) is 2.32. The minimum atomic E-state index is -0.415. The van der Waals surface area contributed by atoms with Crippen LogP contribution in [0.3, 0.4) is 0 Å². The summed E-state index contributed by atoms with van der Waals surface area (Å²) in [6, 6.07) is 13.8. The highest BCUT2D eigenvalue weighted by atomic mass is 35.5. The Bertz CT molecular complexity index is 1020. The number of nitrogens with one attached hydrogen (secondary N) is 1. The van der Waals surface area contributed by atoms with E-state index in [1.165, 1.54) is 6.21 Å². The van der Waals surface area contributed by atoms with E-state index < -0.39 is 5.91 Å². The maximum absolute atomic E-state index is 11.9. The van der Waals surface area contributed by atoms with E-state index in [1.54, 1.807) is 54.1 Å². The molecule has 0 fully saturated rings. The van der Waals surface area contributed by atoms with Crippen molar-refractivity contribution in [3.63, 3.8) is 0 Å². The van der Waals surface area contributed by atoms with E-state index in [1.807, 2.05) is 6.07 Å². The number of hydrogen-bond acceptors (Lipinski definition) is 4. The summed E-state index contributed by atoms with van der Waals surface area (Å²) in [5.41, 5.74) is 4.35. The van der Waals surface area contributed by atoms with Gasteiger partial charge in [-0.1, -0.05) is 40.9 Å². The normalized spacial score (nSPS) is 11.0. The molecule has 28 heavy (non-hydrogen) atoms. The summed E-state index contributed by atoms with van der Waals surface area (Å²) in [6.45, 7) is 1.60. The summed E-state index contributed by atoms with van der Waals surface area (Å²) in [5, 5.41) is 9.83. The molecule has 2 aromatic carbocycles. The lowest BCUT2D eigenvalue weighted by molar-refractivity contribution is -0.123. The number of carbonyl (C=O) groups is 1. The summed E-state index contributed by atoms with van der Waals surface area (Å²) in [4.78, 5) is 11.9. The molecule has 0 bridgehead atoms. The van der Waals surface area contributed by atoms with Gasteiger partial charge in [0.25, 0.3) is 5.91 Å². The minimum absolute atomic E-state index is 0.187. The molecule has 3 rings (SSSR count). The zero-order valence-corrected chi connectivity index (χ0v) is 17.0. The first-order valence-corrected chi connectivity index (χ1v) is 9.29.